The number of hydrogen-bond donors (Lipinski definition) is 0. The highest BCUT2D eigenvalue weighted by molar-refractivity contribution is 5.78. The third kappa shape index (κ3) is 5.73. The third-order valence-electron chi connectivity index (χ3n) is 3.42. The lowest BCUT2D eigenvalue weighted by molar-refractivity contribution is -0.385. The number of rotatable bonds is 7. The molecular weight excluding hydrogens is 318 g/mol. The predicted octanol–water partition coefficient (Wildman–Crippen LogP) is 4.64. The molecule has 0 aromatic heterocycles. The molecule has 0 spiro atoms. The third-order valence-corrected chi connectivity index (χ3v) is 3.42. The Balaban J connectivity index is 2.35. The minimum atomic E-state index is -0.436. The van der Waals surface area contributed by atoms with E-state index in [0.29, 0.717) is 17.7 Å². The van der Waals surface area contributed by atoms with Crippen molar-refractivity contribution >= 4 is 23.8 Å². The second-order valence-corrected chi connectivity index (χ2v) is 5.26. The number of benzene rings is 2. The molecule has 0 unspecified atom stereocenters. The molecule has 0 aliphatic carbocycles. The van der Waals surface area contributed by atoms with E-state index in [4.69, 9.17) is 4.74 Å². The molecule has 0 atom stereocenters. The summed E-state index contributed by atoms with van der Waals surface area (Å²) in [5, 5.41) is 11.2. The summed E-state index contributed by atoms with van der Waals surface area (Å²) in [6, 6.07) is 16.0. The topological polar surface area (TPSA) is 69.4 Å². The van der Waals surface area contributed by atoms with E-state index in [1.165, 1.54) is 6.07 Å². The van der Waals surface area contributed by atoms with Crippen LogP contribution in [0.4, 0.5) is 5.69 Å². The quantitative estimate of drug-likeness (QED) is 0.319. The number of allylic oxidation sites excluding steroid dienone is 1. The van der Waals surface area contributed by atoms with Gasteiger partial charge >= 0.3 is 5.97 Å². The molecule has 2 aromatic rings. The van der Waals surface area contributed by atoms with Crippen molar-refractivity contribution in [1.29, 1.82) is 0 Å². The van der Waals surface area contributed by atoms with Crippen molar-refractivity contribution in [2.45, 2.75) is 13.3 Å². The summed E-state index contributed by atoms with van der Waals surface area (Å²) in [5.74, 6) is -0.370. The van der Waals surface area contributed by atoms with Gasteiger partial charge in [-0.2, -0.15) is 0 Å². The fraction of sp³-hybridized carbons (Fsp3) is 0.150. The summed E-state index contributed by atoms with van der Waals surface area (Å²) in [6.07, 6.45) is 5.33. The van der Waals surface area contributed by atoms with Crippen LogP contribution in [0.3, 0.4) is 0 Å². The van der Waals surface area contributed by atoms with Crippen LogP contribution in [0.1, 0.15) is 24.5 Å². The van der Waals surface area contributed by atoms with Crippen LogP contribution in [0.5, 0.6) is 0 Å². The van der Waals surface area contributed by atoms with Gasteiger partial charge in [0.1, 0.15) is 0 Å². The van der Waals surface area contributed by atoms with Crippen molar-refractivity contribution in [2.75, 3.05) is 6.61 Å². The van der Waals surface area contributed by atoms with Crippen LogP contribution < -0.4 is 0 Å². The summed E-state index contributed by atoms with van der Waals surface area (Å²) in [4.78, 5) is 22.6. The van der Waals surface area contributed by atoms with Crippen LogP contribution in [0.2, 0.25) is 0 Å². The standard InChI is InChI=1S/C20H19NO4/c1-2-25-20(22)15-17(13-12-16-8-4-3-5-9-16)14-18-10-6-7-11-19(18)21(23)24/h3-14H,2,15H2,1H3/b13-12+,17-14-. The van der Waals surface area contributed by atoms with Crippen LogP contribution in [-0.4, -0.2) is 17.5 Å². The van der Waals surface area contributed by atoms with Gasteiger partial charge in [0.25, 0.3) is 5.69 Å². The van der Waals surface area contributed by atoms with Gasteiger partial charge in [-0.3, -0.25) is 14.9 Å². The molecule has 0 saturated carbocycles. The van der Waals surface area contributed by atoms with Crippen LogP contribution in [-0.2, 0) is 9.53 Å². The maximum atomic E-state index is 11.8. The highest BCUT2D eigenvalue weighted by atomic mass is 16.6. The normalized spacial score (nSPS) is 11.5. The van der Waals surface area contributed by atoms with E-state index < -0.39 is 4.92 Å². The zero-order valence-corrected chi connectivity index (χ0v) is 13.9. The number of hydrogen-bond acceptors (Lipinski definition) is 4. The van der Waals surface area contributed by atoms with Crippen LogP contribution in [0, 0.1) is 10.1 Å². The SMILES string of the molecule is CCOC(=O)CC(/C=C/c1ccccc1)=C\c1ccccc1[N+](=O)[O-]. The van der Waals surface area contributed by atoms with E-state index in [1.54, 1.807) is 37.3 Å². The van der Waals surface area contributed by atoms with Crippen molar-refractivity contribution < 1.29 is 14.5 Å². The second-order valence-electron chi connectivity index (χ2n) is 5.26. The molecular formula is C20H19NO4. The van der Waals surface area contributed by atoms with Gasteiger partial charge in [-0.05, 0) is 30.2 Å². The Bertz CT molecular complexity index is 794. The van der Waals surface area contributed by atoms with Crippen LogP contribution in [0.25, 0.3) is 12.2 Å². The first-order valence-corrected chi connectivity index (χ1v) is 7.93. The Morgan fingerprint density at radius 1 is 1.12 bits per heavy atom. The van der Waals surface area contributed by atoms with Gasteiger partial charge in [0.05, 0.1) is 23.5 Å². The molecule has 25 heavy (non-hydrogen) atoms. The maximum Gasteiger partial charge on any atom is 0.310 e. The first-order valence-electron chi connectivity index (χ1n) is 7.93. The molecule has 0 N–H and O–H groups in total. The Labute approximate surface area is 146 Å². The zero-order valence-electron chi connectivity index (χ0n) is 13.9. The number of para-hydroxylation sites is 1. The van der Waals surface area contributed by atoms with E-state index >= 15 is 0 Å². The molecule has 2 aromatic carbocycles. The van der Waals surface area contributed by atoms with Gasteiger partial charge in [0.2, 0.25) is 0 Å². The Morgan fingerprint density at radius 3 is 2.48 bits per heavy atom. The summed E-state index contributed by atoms with van der Waals surface area (Å²) >= 11 is 0. The summed E-state index contributed by atoms with van der Waals surface area (Å²) in [5.41, 5.74) is 2.05. The predicted molar refractivity (Wildman–Crippen MR) is 97.8 cm³/mol. The van der Waals surface area contributed by atoms with Crippen molar-refractivity contribution in [3.05, 3.63) is 87.5 Å². The molecule has 0 aliphatic heterocycles. The van der Waals surface area contributed by atoms with Crippen LogP contribution in [0.15, 0.2) is 66.2 Å². The average molecular weight is 337 g/mol. The minimum absolute atomic E-state index is 0.00281. The largest absolute Gasteiger partial charge is 0.466 e. The van der Waals surface area contributed by atoms with Gasteiger partial charge < -0.3 is 4.74 Å². The molecule has 5 heteroatoms. The molecule has 0 fully saturated rings. The summed E-state index contributed by atoms with van der Waals surface area (Å²) in [7, 11) is 0. The minimum Gasteiger partial charge on any atom is -0.466 e. The van der Waals surface area contributed by atoms with Crippen molar-refractivity contribution in [3.63, 3.8) is 0 Å². The van der Waals surface area contributed by atoms with Gasteiger partial charge in [0.15, 0.2) is 0 Å². The zero-order chi connectivity index (χ0) is 18.1. The first kappa shape index (κ1) is 18.1. The number of nitrogens with zero attached hydrogens (tertiary/aromatic N) is 1. The second kappa shape index (κ2) is 9.17. The highest BCUT2D eigenvalue weighted by Crippen LogP contribution is 2.22. The van der Waals surface area contributed by atoms with E-state index in [2.05, 4.69) is 0 Å². The average Bonchev–Trinajstić information content (AvgIpc) is 2.61. The lowest BCUT2D eigenvalue weighted by Gasteiger charge is -2.04. The van der Waals surface area contributed by atoms with Gasteiger partial charge in [-0.25, -0.2) is 0 Å². The lowest BCUT2D eigenvalue weighted by Crippen LogP contribution is -2.04. The number of nitro groups is 1. The van der Waals surface area contributed by atoms with Gasteiger partial charge in [0, 0.05) is 6.07 Å². The molecule has 0 saturated heterocycles. The van der Waals surface area contributed by atoms with Crippen LogP contribution >= 0.6 is 0 Å². The Kier molecular flexibility index (Phi) is 6.65. The molecule has 0 aliphatic rings. The fourth-order valence-corrected chi connectivity index (χ4v) is 2.28. The molecule has 0 radical (unpaired) electrons. The van der Waals surface area contributed by atoms with E-state index in [9.17, 15) is 14.9 Å². The number of carbonyl (C=O) groups excluding carboxylic acids is 1. The van der Waals surface area contributed by atoms with E-state index in [-0.39, 0.29) is 18.1 Å². The molecule has 2 rings (SSSR count). The molecule has 0 heterocycles. The fourth-order valence-electron chi connectivity index (χ4n) is 2.28. The maximum absolute atomic E-state index is 11.8. The number of carbonyl (C=O) groups is 1. The monoisotopic (exact) mass is 337 g/mol. The van der Waals surface area contributed by atoms with E-state index in [0.717, 1.165) is 5.56 Å². The van der Waals surface area contributed by atoms with Crippen molar-refractivity contribution in [3.8, 4) is 0 Å². The summed E-state index contributed by atoms with van der Waals surface area (Å²) < 4.78 is 4.99. The molecule has 0 amide bonds. The van der Waals surface area contributed by atoms with Gasteiger partial charge in [-0.15, -0.1) is 0 Å². The number of esters is 1. The van der Waals surface area contributed by atoms with Gasteiger partial charge in [-0.1, -0.05) is 54.6 Å². The molecule has 5 nitrogen and oxygen atoms in total. The number of nitro benzene ring substituents is 1. The molecule has 0 bridgehead atoms. The smallest absolute Gasteiger partial charge is 0.310 e. The Hall–Kier alpha value is -3.21. The summed E-state index contributed by atoms with van der Waals surface area (Å²) in [6.45, 7) is 2.03. The van der Waals surface area contributed by atoms with E-state index in [1.807, 2.05) is 36.4 Å². The highest BCUT2D eigenvalue weighted by Gasteiger charge is 2.12. The number of ether oxygens (including phenoxy) is 1. The van der Waals surface area contributed by atoms with Crippen molar-refractivity contribution in [1.82, 2.24) is 0 Å². The first-order chi connectivity index (χ1) is 12.1. The Morgan fingerprint density at radius 2 is 1.80 bits per heavy atom. The van der Waals surface area contributed by atoms with Crippen molar-refractivity contribution in [2.24, 2.45) is 0 Å². The molecule has 128 valence electrons. The lowest BCUT2D eigenvalue weighted by atomic mass is 10.0.